The van der Waals surface area contributed by atoms with E-state index in [4.69, 9.17) is 16.7 Å². The second-order valence-electron chi connectivity index (χ2n) is 2.93. The first kappa shape index (κ1) is 12.0. The number of carbonyl (C=O) groups excluding carboxylic acids is 1. The quantitative estimate of drug-likeness (QED) is 0.766. The van der Waals surface area contributed by atoms with Gasteiger partial charge in [-0.3, -0.25) is 4.79 Å². The first-order valence-electron chi connectivity index (χ1n) is 4.22. The molecule has 15 heavy (non-hydrogen) atoms. The van der Waals surface area contributed by atoms with Gasteiger partial charge in [-0.2, -0.15) is 11.3 Å². The van der Waals surface area contributed by atoms with Gasteiger partial charge in [-0.15, -0.1) is 11.6 Å². The van der Waals surface area contributed by atoms with Gasteiger partial charge in [0, 0.05) is 6.42 Å². The van der Waals surface area contributed by atoms with Crippen LogP contribution in [0.2, 0.25) is 0 Å². The molecule has 1 heterocycles. The van der Waals surface area contributed by atoms with Crippen molar-refractivity contribution in [3.05, 3.63) is 22.4 Å². The summed E-state index contributed by atoms with van der Waals surface area (Å²) in [6.45, 7) is 0. The second kappa shape index (κ2) is 5.72. The molecule has 1 atom stereocenters. The Bertz CT molecular complexity index is 339. The van der Waals surface area contributed by atoms with Crippen LogP contribution in [-0.4, -0.2) is 28.9 Å². The summed E-state index contributed by atoms with van der Waals surface area (Å²) in [6.07, 6.45) is 0.279. The van der Waals surface area contributed by atoms with Crippen LogP contribution >= 0.6 is 22.9 Å². The number of hydrogen-bond acceptors (Lipinski definition) is 3. The lowest BCUT2D eigenvalue weighted by molar-refractivity contribution is -0.141. The van der Waals surface area contributed by atoms with Crippen LogP contribution in [0.4, 0.5) is 0 Å². The van der Waals surface area contributed by atoms with E-state index in [0.717, 1.165) is 5.56 Å². The topological polar surface area (TPSA) is 66.4 Å². The third-order valence-electron chi connectivity index (χ3n) is 1.77. The van der Waals surface area contributed by atoms with Gasteiger partial charge in [0.1, 0.15) is 11.9 Å². The highest BCUT2D eigenvalue weighted by molar-refractivity contribution is 7.07. The average Bonchev–Trinajstić information content (AvgIpc) is 2.69. The number of alkyl halides is 1. The zero-order valence-corrected chi connectivity index (χ0v) is 9.35. The highest BCUT2D eigenvalue weighted by Gasteiger charge is 2.19. The monoisotopic (exact) mass is 247 g/mol. The van der Waals surface area contributed by atoms with Crippen molar-refractivity contribution in [1.29, 1.82) is 0 Å². The van der Waals surface area contributed by atoms with E-state index in [1.54, 1.807) is 0 Å². The van der Waals surface area contributed by atoms with Gasteiger partial charge in [0.25, 0.3) is 0 Å². The molecular formula is C9H10ClNO3S. The molecule has 1 rings (SSSR count). The fraction of sp³-hybridized carbons (Fsp3) is 0.333. The van der Waals surface area contributed by atoms with E-state index in [1.165, 1.54) is 11.3 Å². The minimum absolute atomic E-state index is 0.229. The number of rotatable bonds is 5. The van der Waals surface area contributed by atoms with Gasteiger partial charge in [-0.1, -0.05) is 0 Å². The van der Waals surface area contributed by atoms with Crippen LogP contribution in [0.15, 0.2) is 16.8 Å². The molecule has 1 aromatic heterocycles. The van der Waals surface area contributed by atoms with Crippen molar-refractivity contribution < 1.29 is 14.7 Å². The van der Waals surface area contributed by atoms with Gasteiger partial charge in [0.2, 0.25) is 5.91 Å². The number of nitrogens with one attached hydrogen (secondary N) is 1. The van der Waals surface area contributed by atoms with Crippen molar-refractivity contribution in [2.75, 3.05) is 5.88 Å². The SMILES string of the molecule is O=C(CCl)NC(Cc1ccsc1)C(=O)O. The molecule has 0 saturated carbocycles. The van der Waals surface area contributed by atoms with E-state index < -0.39 is 17.9 Å². The summed E-state index contributed by atoms with van der Waals surface area (Å²) in [6, 6.07) is 0.916. The number of carbonyl (C=O) groups is 2. The summed E-state index contributed by atoms with van der Waals surface area (Å²) in [4.78, 5) is 21.8. The molecule has 0 aliphatic heterocycles. The minimum Gasteiger partial charge on any atom is -0.480 e. The summed E-state index contributed by atoms with van der Waals surface area (Å²) < 4.78 is 0. The summed E-state index contributed by atoms with van der Waals surface area (Å²) in [5, 5.41) is 14.9. The standard InChI is InChI=1S/C9H10ClNO3S/c10-4-8(12)11-7(9(13)14)3-6-1-2-15-5-6/h1-2,5,7H,3-4H2,(H,11,12)(H,13,14). The number of amides is 1. The first-order chi connectivity index (χ1) is 7.13. The predicted octanol–water partition coefficient (Wildman–Crippen LogP) is 1.10. The largest absolute Gasteiger partial charge is 0.480 e. The number of carboxylic acid groups (broad SMARTS) is 1. The summed E-state index contributed by atoms with van der Waals surface area (Å²) in [7, 11) is 0. The highest BCUT2D eigenvalue weighted by atomic mass is 35.5. The number of thiophene rings is 1. The number of hydrogen-bond donors (Lipinski definition) is 2. The van der Waals surface area contributed by atoms with Crippen LogP contribution in [0.3, 0.4) is 0 Å². The highest BCUT2D eigenvalue weighted by Crippen LogP contribution is 2.08. The fourth-order valence-electron chi connectivity index (χ4n) is 1.08. The Labute approximate surface area is 95.9 Å². The normalized spacial score (nSPS) is 12.1. The lowest BCUT2D eigenvalue weighted by Gasteiger charge is -2.12. The van der Waals surface area contributed by atoms with Crippen LogP contribution in [-0.2, 0) is 16.0 Å². The Hall–Kier alpha value is -1.07. The Balaban J connectivity index is 2.59. The maximum Gasteiger partial charge on any atom is 0.326 e. The molecule has 2 N–H and O–H groups in total. The average molecular weight is 248 g/mol. The smallest absolute Gasteiger partial charge is 0.326 e. The van der Waals surface area contributed by atoms with Crippen molar-refractivity contribution in [1.82, 2.24) is 5.32 Å². The third-order valence-corrected chi connectivity index (χ3v) is 2.75. The molecule has 0 fully saturated rings. The van der Waals surface area contributed by atoms with Crippen LogP contribution in [0, 0.1) is 0 Å². The van der Waals surface area contributed by atoms with Crippen molar-refractivity contribution in [2.45, 2.75) is 12.5 Å². The molecule has 0 aliphatic rings. The lowest BCUT2D eigenvalue weighted by atomic mass is 10.1. The van der Waals surface area contributed by atoms with E-state index in [9.17, 15) is 9.59 Å². The molecule has 1 unspecified atom stereocenters. The van der Waals surface area contributed by atoms with Gasteiger partial charge < -0.3 is 10.4 Å². The van der Waals surface area contributed by atoms with Crippen LogP contribution in [0.5, 0.6) is 0 Å². The summed E-state index contributed by atoms with van der Waals surface area (Å²) in [5.74, 6) is -1.76. The Morgan fingerprint density at radius 3 is 2.80 bits per heavy atom. The summed E-state index contributed by atoms with van der Waals surface area (Å²) in [5.41, 5.74) is 0.891. The molecule has 4 nitrogen and oxygen atoms in total. The van der Waals surface area contributed by atoms with Crippen molar-refractivity contribution >= 4 is 34.8 Å². The first-order valence-corrected chi connectivity index (χ1v) is 5.70. The number of halogens is 1. The lowest BCUT2D eigenvalue weighted by Crippen LogP contribution is -2.42. The Kier molecular flexibility index (Phi) is 4.58. The van der Waals surface area contributed by atoms with E-state index in [-0.39, 0.29) is 12.3 Å². The fourth-order valence-corrected chi connectivity index (χ4v) is 1.84. The number of carboxylic acids is 1. The molecule has 82 valence electrons. The van der Waals surface area contributed by atoms with Crippen molar-refractivity contribution in [3.8, 4) is 0 Å². The predicted molar refractivity (Wildman–Crippen MR) is 58.3 cm³/mol. The zero-order valence-electron chi connectivity index (χ0n) is 7.77. The molecule has 0 radical (unpaired) electrons. The molecule has 6 heteroatoms. The van der Waals surface area contributed by atoms with Crippen molar-refractivity contribution in [2.24, 2.45) is 0 Å². The molecule has 0 spiro atoms. The third kappa shape index (κ3) is 3.89. The number of aliphatic carboxylic acids is 1. The maximum atomic E-state index is 11.0. The van der Waals surface area contributed by atoms with Gasteiger partial charge >= 0.3 is 5.97 Å². The molecule has 1 aromatic rings. The van der Waals surface area contributed by atoms with Gasteiger partial charge in [0.05, 0.1) is 0 Å². The van der Waals surface area contributed by atoms with Gasteiger partial charge in [-0.25, -0.2) is 4.79 Å². The molecule has 0 saturated heterocycles. The molecule has 0 aromatic carbocycles. The van der Waals surface area contributed by atoms with E-state index in [2.05, 4.69) is 5.32 Å². The van der Waals surface area contributed by atoms with Gasteiger partial charge in [-0.05, 0) is 22.4 Å². The van der Waals surface area contributed by atoms with E-state index in [0.29, 0.717) is 0 Å². The van der Waals surface area contributed by atoms with E-state index >= 15 is 0 Å². The van der Waals surface area contributed by atoms with Crippen LogP contribution < -0.4 is 5.32 Å². The van der Waals surface area contributed by atoms with Crippen LogP contribution in [0.25, 0.3) is 0 Å². The zero-order chi connectivity index (χ0) is 11.3. The van der Waals surface area contributed by atoms with Crippen LogP contribution in [0.1, 0.15) is 5.56 Å². The maximum absolute atomic E-state index is 11.0. The Morgan fingerprint density at radius 1 is 1.60 bits per heavy atom. The summed E-state index contributed by atoms with van der Waals surface area (Å²) >= 11 is 6.77. The minimum atomic E-state index is -1.06. The molecular weight excluding hydrogens is 238 g/mol. The molecule has 1 amide bonds. The van der Waals surface area contributed by atoms with Gasteiger partial charge in [0.15, 0.2) is 0 Å². The molecule has 0 aliphatic carbocycles. The van der Waals surface area contributed by atoms with E-state index in [1.807, 2.05) is 16.8 Å². The van der Waals surface area contributed by atoms with Crippen molar-refractivity contribution in [3.63, 3.8) is 0 Å². The second-order valence-corrected chi connectivity index (χ2v) is 3.97. The molecule has 0 bridgehead atoms. The Morgan fingerprint density at radius 2 is 2.33 bits per heavy atom.